The first-order chi connectivity index (χ1) is 9.97. The second-order valence-corrected chi connectivity index (χ2v) is 4.57. The molecule has 0 bridgehead atoms. The summed E-state index contributed by atoms with van der Waals surface area (Å²) in [6.07, 6.45) is 3.21. The Bertz CT molecular complexity index is 650. The maximum absolute atomic E-state index is 11.9. The molecule has 1 heterocycles. The molecular weight excluding hydrogens is 274 g/mol. The van der Waals surface area contributed by atoms with E-state index in [4.69, 9.17) is 5.73 Å². The van der Waals surface area contributed by atoms with Crippen LogP contribution in [0.3, 0.4) is 0 Å². The van der Waals surface area contributed by atoms with Crippen LogP contribution in [0.5, 0.6) is 0 Å². The molecular formula is C13H15N5O3. The van der Waals surface area contributed by atoms with Crippen LogP contribution in [0.25, 0.3) is 0 Å². The molecule has 0 spiro atoms. The zero-order valence-corrected chi connectivity index (χ0v) is 11.4. The Morgan fingerprint density at radius 2 is 2.14 bits per heavy atom. The van der Waals surface area contributed by atoms with Crippen LogP contribution >= 0.6 is 0 Å². The number of aromatic nitrogens is 2. The molecule has 1 aromatic heterocycles. The lowest BCUT2D eigenvalue weighted by molar-refractivity contribution is -0.384. The minimum atomic E-state index is -0.795. The van der Waals surface area contributed by atoms with Gasteiger partial charge in [0, 0.05) is 37.5 Å². The van der Waals surface area contributed by atoms with Crippen molar-refractivity contribution in [3.8, 4) is 0 Å². The number of nitrogens with one attached hydrogen (secondary N) is 1. The molecule has 2 aromatic rings. The van der Waals surface area contributed by atoms with Crippen molar-refractivity contribution >= 4 is 11.6 Å². The van der Waals surface area contributed by atoms with Crippen LogP contribution in [0, 0.1) is 10.1 Å². The van der Waals surface area contributed by atoms with Gasteiger partial charge in [-0.15, -0.1) is 0 Å². The highest BCUT2D eigenvalue weighted by atomic mass is 16.6. The number of carbonyl (C=O) groups excluding carboxylic acids is 1. The van der Waals surface area contributed by atoms with Crippen molar-refractivity contribution in [1.82, 2.24) is 15.1 Å². The summed E-state index contributed by atoms with van der Waals surface area (Å²) in [5.41, 5.74) is 7.22. The van der Waals surface area contributed by atoms with Crippen molar-refractivity contribution in [2.24, 2.45) is 12.8 Å². The summed E-state index contributed by atoms with van der Waals surface area (Å²) in [5, 5.41) is 17.2. The number of carbonyl (C=O) groups is 1. The van der Waals surface area contributed by atoms with E-state index >= 15 is 0 Å². The van der Waals surface area contributed by atoms with Crippen molar-refractivity contribution in [2.75, 3.05) is 0 Å². The minimum absolute atomic E-state index is 0.0112. The lowest BCUT2D eigenvalue weighted by Crippen LogP contribution is -2.33. The summed E-state index contributed by atoms with van der Waals surface area (Å²) in [4.78, 5) is 22.0. The molecule has 0 aliphatic heterocycles. The van der Waals surface area contributed by atoms with Gasteiger partial charge in [-0.1, -0.05) is 12.1 Å². The predicted octanol–water partition coefficient (Wildman–Crippen LogP) is 0.644. The van der Waals surface area contributed by atoms with Gasteiger partial charge >= 0.3 is 0 Å². The van der Waals surface area contributed by atoms with Crippen molar-refractivity contribution in [2.45, 2.75) is 12.6 Å². The fourth-order valence-corrected chi connectivity index (χ4v) is 1.79. The molecule has 0 saturated carbocycles. The van der Waals surface area contributed by atoms with E-state index < -0.39 is 11.0 Å². The molecule has 0 radical (unpaired) electrons. The molecule has 8 heteroatoms. The number of nitro groups is 1. The van der Waals surface area contributed by atoms with E-state index in [1.54, 1.807) is 30.1 Å². The molecule has 21 heavy (non-hydrogen) atoms. The summed E-state index contributed by atoms with van der Waals surface area (Å²) >= 11 is 0. The van der Waals surface area contributed by atoms with Gasteiger partial charge in [-0.05, 0) is 5.56 Å². The zero-order valence-electron chi connectivity index (χ0n) is 11.4. The van der Waals surface area contributed by atoms with Gasteiger partial charge in [-0.3, -0.25) is 19.6 Å². The molecule has 1 unspecified atom stereocenters. The van der Waals surface area contributed by atoms with Crippen LogP contribution < -0.4 is 11.1 Å². The van der Waals surface area contributed by atoms with Gasteiger partial charge in [0.1, 0.15) is 6.04 Å². The zero-order chi connectivity index (χ0) is 15.4. The van der Waals surface area contributed by atoms with Crippen molar-refractivity contribution in [3.63, 3.8) is 0 Å². The van der Waals surface area contributed by atoms with Crippen LogP contribution in [0.1, 0.15) is 17.2 Å². The van der Waals surface area contributed by atoms with E-state index in [-0.39, 0.29) is 18.1 Å². The molecule has 8 nitrogen and oxygen atoms in total. The van der Waals surface area contributed by atoms with Gasteiger partial charge < -0.3 is 11.1 Å². The highest BCUT2D eigenvalue weighted by Gasteiger charge is 2.16. The Kier molecular flexibility index (Phi) is 4.29. The van der Waals surface area contributed by atoms with E-state index in [9.17, 15) is 14.9 Å². The van der Waals surface area contributed by atoms with Crippen molar-refractivity contribution < 1.29 is 9.72 Å². The van der Waals surface area contributed by atoms with Crippen LogP contribution in [0.4, 0.5) is 5.69 Å². The third-order valence-electron chi connectivity index (χ3n) is 2.98. The highest BCUT2D eigenvalue weighted by molar-refractivity contribution is 5.82. The van der Waals surface area contributed by atoms with E-state index in [1.807, 2.05) is 0 Å². The average molecular weight is 289 g/mol. The van der Waals surface area contributed by atoms with Crippen molar-refractivity contribution in [1.29, 1.82) is 0 Å². The Balaban J connectivity index is 1.93. The molecule has 1 aromatic carbocycles. The number of rotatable bonds is 5. The first-order valence-corrected chi connectivity index (χ1v) is 6.22. The Morgan fingerprint density at radius 3 is 2.67 bits per heavy atom. The SMILES string of the molecule is Cn1cc(C(N)C(=O)NCc2ccc([N+](=O)[O-])cc2)cn1. The smallest absolute Gasteiger partial charge is 0.269 e. The first kappa shape index (κ1) is 14.7. The Hall–Kier alpha value is -2.74. The fourth-order valence-electron chi connectivity index (χ4n) is 1.79. The van der Waals surface area contributed by atoms with Crippen LogP contribution in [-0.2, 0) is 18.4 Å². The summed E-state index contributed by atoms with van der Waals surface area (Å²) in [6.45, 7) is 0.255. The number of amides is 1. The van der Waals surface area contributed by atoms with E-state index in [0.717, 1.165) is 5.56 Å². The Labute approximate surface area is 120 Å². The van der Waals surface area contributed by atoms with E-state index in [2.05, 4.69) is 10.4 Å². The fraction of sp³-hybridized carbons (Fsp3) is 0.231. The minimum Gasteiger partial charge on any atom is -0.350 e. The lowest BCUT2D eigenvalue weighted by Gasteiger charge is -2.10. The van der Waals surface area contributed by atoms with Gasteiger partial charge in [0.15, 0.2) is 0 Å². The van der Waals surface area contributed by atoms with E-state index in [1.165, 1.54) is 18.3 Å². The molecule has 0 aliphatic rings. The van der Waals surface area contributed by atoms with Gasteiger partial charge in [0.05, 0.1) is 11.1 Å². The second-order valence-electron chi connectivity index (χ2n) is 4.57. The number of nitrogens with zero attached hydrogens (tertiary/aromatic N) is 3. The van der Waals surface area contributed by atoms with Crippen LogP contribution in [-0.4, -0.2) is 20.6 Å². The molecule has 0 saturated heterocycles. The normalized spacial score (nSPS) is 11.9. The number of hydrogen-bond acceptors (Lipinski definition) is 5. The average Bonchev–Trinajstić information content (AvgIpc) is 2.91. The van der Waals surface area contributed by atoms with Crippen LogP contribution in [0.15, 0.2) is 36.7 Å². The van der Waals surface area contributed by atoms with E-state index in [0.29, 0.717) is 5.56 Å². The van der Waals surface area contributed by atoms with Gasteiger partial charge in [0.2, 0.25) is 5.91 Å². The van der Waals surface area contributed by atoms with Gasteiger partial charge in [-0.2, -0.15) is 5.10 Å². The third kappa shape index (κ3) is 3.63. The number of nitro benzene ring substituents is 1. The Morgan fingerprint density at radius 1 is 1.48 bits per heavy atom. The van der Waals surface area contributed by atoms with Gasteiger partial charge in [0.25, 0.3) is 5.69 Å². The standard InChI is InChI=1S/C13H15N5O3/c1-17-8-10(7-16-17)12(14)13(19)15-6-9-2-4-11(5-3-9)18(20)21/h2-5,7-8,12H,6,14H2,1H3,(H,15,19). The van der Waals surface area contributed by atoms with Gasteiger partial charge in [-0.25, -0.2) is 0 Å². The number of benzene rings is 1. The molecule has 0 fully saturated rings. The topological polar surface area (TPSA) is 116 Å². The molecule has 1 amide bonds. The summed E-state index contributed by atoms with van der Waals surface area (Å²) in [6, 6.07) is 5.17. The van der Waals surface area contributed by atoms with Crippen molar-refractivity contribution in [3.05, 3.63) is 57.9 Å². The quantitative estimate of drug-likeness (QED) is 0.619. The second kappa shape index (κ2) is 6.14. The number of nitrogens with two attached hydrogens (primary N) is 1. The predicted molar refractivity (Wildman–Crippen MR) is 75.1 cm³/mol. The number of aryl methyl sites for hydroxylation is 1. The molecule has 110 valence electrons. The molecule has 3 N–H and O–H groups in total. The number of hydrogen-bond donors (Lipinski definition) is 2. The summed E-state index contributed by atoms with van der Waals surface area (Å²) in [5.74, 6) is -0.332. The maximum Gasteiger partial charge on any atom is 0.269 e. The summed E-state index contributed by atoms with van der Waals surface area (Å²) in [7, 11) is 1.74. The third-order valence-corrected chi connectivity index (χ3v) is 2.98. The monoisotopic (exact) mass is 289 g/mol. The number of non-ortho nitro benzene ring substituents is 1. The largest absolute Gasteiger partial charge is 0.350 e. The first-order valence-electron chi connectivity index (χ1n) is 6.22. The maximum atomic E-state index is 11.9. The highest BCUT2D eigenvalue weighted by Crippen LogP contribution is 2.12. The van der Waals surface area contributed by atoms with Crippen LogP contribution in [0.2, 0.25) is 0 Å². The lowest BCUT2D eigenvalue weighted by atomic mass is 10.1. The molecule has 2 rings (SSSR count). The molecule has 0 aliphatic carbocycles. The molecule has 1 atom stereocenters. The summed E-state index contributed by atoms with van der Waals surface area (Å²) < 4.78 is 1.57.